The predicted molar refractivity (Wildman–Crippen MR) is 98.8 cm³/mol. The number of fused-ring (bicyclic) bond motifs is 1. The lowest BCUT2D eigenvalue weighted by molar-refractivity contribution is -0.184. The molecule has 6 aliphatic rings. The maximum atomic E-state index is 12.7. The number of piperidine rings is 1. The van der Waals surface area contributed by atoms with Crippen LogP contribution in [0.2, 0.25) is 0 Å². The van der Waals surface area contributed by atoms with E-state index in [0.29, 0.717) is 11.8 Å². The highest BCUT2D eigenvalue weighted by molar-refractivity contribution is 5.81. The van der Waals surface area contributed by atoms with Crippen molar-refractivity contribution in [3.63, 3.8) is 0 Å². The van der Waals surface area contributed by atoms with Gasteiger partial charge in [0, 0.05) is 28.4 Å². The Kier molecular flexibility index (Phi) is 2.74. The van der Waals surface area contributed by atoms with Crippen molar-refractivity contribution in [2.45, 2.75) is 43.7 Å². The van der Waals surface area contributed by atoms with E-state index < -0.39 is 5.41 Å². The van der Waals surface area contributed by atoms with E-state index in [-0.39, 0.29) is 41.0 Å². The molecule has 7 rings (SSSR count). The lowest BCUT2D eigenvalue weighted by atomic mass is 9.35. The average molecular weight is 367 g/mol. The standard InChI is InChI=1S/C22H25NO4/c1-12(25)14-10-21-6-5-20(14,11-24)19-22(21)7-8-23(2)16(21)9-13-3-4-15(26)18(27-19)17(13)22/h3-6,14,16,19,24,26H,7-11H2,1-2H3/t14-,16+,19-,20+,21+,22-/m0/s1. The molecule has 2 aliphatic heterocycles. The van der Waals surface area contributed by atoms with Crippen molar-refractivity contribution in [1.29, 1.82) is 0 Å². The highest BCUT2D eigenvalue weighted by atomic mass is 16.5. The summed E-state index contributed by atoms with van der Waals surface area (Å²) in [6.07, 6.45) is 6.67. The van der Waals surface area contributed by atoms with Gasteiger partial charge in [0.2, 0.25) is 0 Å². The summed E-state index contributed by atoms with van der Waals surface area (Å²) in [6.45, 7) is 2.50. The van der Waals surface area contributed by atoms with E-state index >= 15 is 0 Å². The minimum Gasteiger partial charge on any atom is -0.504 e. The summed E-state index contributed by atoms with van der Waals surface area (Å²) in [4.78, 5) is 15.1. The number of aliphatic hydroxyl groups is 1. The van der Waals surface area contributed by atoms with Gasteiger partial charge in [-0.25, -0.2) is 0 Å². The maximum absolute atomic E-state index is 12.7. The molecule has 2 N–H and O–H groups in total. The van der Waals surface area contributed by atoms with Crippen LogP contribution in [0.25, 0.3) is 0 Å². The molecule has 1 aromatic carbocycles. The van der Waals surface area contributed by atoms with Crippen LogP contribution in [0.15, 0.2) is 24.3 Å². The van der Waals surface area contributed by atoms with E-state index in [2.05, 4.69) is 24.1 Å². The summed E-state index contributed by atoms with van der Waals surface area (Å²) in [7, 11) is 2.18. The van der Waals surface area contributed by atoms with E-state index in [1.54, 1.807) is 13.0 Å². The van der Waals surface area contributed by atoms with Crippen LogP contribution in [0.1, 0.15) is 30.9 Å². The molecular formula is C22H25NO4. The number of likely N-dealkylation sites (N-methyl/N-ethyl adjacent to an activating group) is 1. The molecule has 0 radical (unpaired) electrons. The Morgan fingerprint density at radius 1 is 1.37 bits per heavy atom. The van der Waals surface area contributed by atoms with Crippen molar-refractivity contribution < 1.29 is 19.7 Å². The molecule has 5 nitrogen and oxygen atoms in total. The van der Waals surface area contributed by atoms with E-state index in [0.717, 1.165) is 31.4 Å². The van der Waals surface area contributed by atoms with Crippen molar-refractivity contribution in [2.75, 3.05) is 20.2 Å². The topological polar surface area (TPSA) is 70.0 Å². The first-order valence-electron chi connectivity index (χ1n) is 9.95. The number of aromatic hydroxyl groups is 1. The number of nitrogens with zero attached hydrogens (tertiary/aromatic N) is 1. The van der Waals surface area contributed by atoms with Gasteiger partial charge in [-0.1, -0.05) is 18.2 Å². The molecule has 2 fully saturated rings. The molecule has 27 heavy (non-hydrogen) atoms. The second-order valence-electron chi connectivity index (χ2n) is 9.38. The number of aliphatic hydroxyl groups excluding tert-OH is 1. The largest absolute Gasteiger partial charge is 0.504 e. The van der Waals surface area contributed by atoms with E-state index in [1.807, 2.05) is 6.07 Å². The molecule has 2 heterocycles. The van der Waals surface area contributed by atoms with Crippen molar-refractivity contribution >= 4 is 5.78 Å². The number of benzene rings is 1. The Balaban J connectivity index is 1.73. The third-order valence-electron chi connectivity index (χ3n) is 8.72. The predicted octanol–water partition coefficient (Wildman–Crippen LogP) is 1.79. The summed E-state index contributed by atoms with van der Waals surface area (Å²) in [5, 5.41) is 21.1. The molecule has 1 aromatic rings. The SMILES string of the molecule is CC(=O)[C@@H]1C[C@@]23C=C[C@]1(CO)[C@@H]1Oc4c(O)ccc5c4[C@@]12CCN(C)[C@@H]3C5. The number of ketones is 1. The summed E-state index contributed by atoms with van der Waals surface area (Å²) in [5.74, 6) is 0.642. The van der Waals surface area contributed by atoms with Crippen LogP contribution in [0.5, 0.6) is 11.5 Å². The van der Waals surface area contributed by atoms with Crippen molar-refractivity contribution in [2.24, 2.45) is 16.7 Å². The quantitative estimate of drug-likeness (QED) is 0.780. The van der Waals surface area contributed by atoms with E-state index in [1.165, 1.54) is 5.56 Å². The highest BCUT2D eigenvalue weighted by Crippen LogP contribution is 2.75. The zero-order valence-electron chi connectivity index (χ0n) is 15.7. The number of phenols is 1. The van der Waals surface area contributed by atoms with Crippen LogP contribution in [-0.4, -0.2) is 53.2 Å². The molecular weight excluding hydrogens is 342 g/mol. The summed E-state index contributed by atoms with van der Waals surface area (Å²) in [6, 6.07) is 4.08. The number of carbonyl (C=O) groups is 1. The number of hydrogen-bond donors (Lipinski definition) is 2. The van der Waals surface area contributed by atoms with Gasteiger partial charge in [0.25, 0.3) is 0 Å². The van der Waals surface area contributed by atoms with E-state index in [9.17, 15) is 15.0 Å². The first-order chi connectivity index (χ1) is 12.9. The maximum Gasteiger partial charge on any atom is 0.165 e. The van der Waals surface area contributed by atoms with Crippen LogP contribution < -0.4 is 4.74 Å². The summed E-state index contributed by atoms with van der Waals surface area (Å²) < 4.78 is 6.52. The van der Waals surface area contributed by atoms with Crippen molar-refractivity contribution in [3.8, 4) is 11.5 Å². The van der Waals surface area contributed by atoms with Gasteiger partial charge in [-0.2, -0.15) is 0 Å². The van der Waals surface area contributed by atoms with Gasteiger partial charge >= 0.3 is 0 Å². The molecule has 1 saturated carbocycles. The Bertz CT molecular complexity index is 925. The van der Waals surface area contributed by atoms with Crippen molar-refractivity contribution in [1.82, 2.24) is 4.90 Å². The number of phenolic OH excluding ortho intramolecular Hbond substituents is 1. The lowest BCUT2D eigenvalue weighted by Gasteiger charge is -2.71. The summed E-state index contributed by atoms with van der Waals surface area (Å²) in [5.41, 5.74) is 1.23. The molecule has 0 aromatic heterocycles. The smallest absolute Gasteiger partial charge is 0.165 e. The fraction of sp³-hybridized carbons (Fsp3) is 0.591. The molecule has 142 valence electrons. The number of rotatable bonds is 2. The van der Waals surface area contributed by atoms with Crippen LogP contribution in [0.3, 0.4) is 0 Å². The normalized spacial score (nSPS) is 45.5. The molecule has 0 unspecified atom stereocenters. The van der Waals surface area contributed by atoms with Gasteiger partial charge in [-0.3, -0.25) is 4.79 Å². The van der Waals surface area contributed by atoms with E-state index in [4.69, 9.17) is 4.74 Å². The lowest BCUT2D eigenvalue weighted by Crippen LogP contribution is -2.77. The second-order valence-corrected chi connectivity index (χ2v) is 9.38. The molecule has 4 bridgehead atoms. The van der Waals surface area contributed by atoms with Gasteiger partial charge in [-0.05, 0) is 51.4 Å². The number of Topliss-reactive ketones (excluding diaryl/α,β-unsaturated/α-hetero) is 1. The Morgan fingerprint density at radius 3 is 2.93 bits per heavy atom. The number of hydrogen-bond acceptors (Lipinski definition) is 5. The zero-order chi connectivity index (χ0) is 18.8. The number of carbonyl (C=O) groups excluding carboxylic acids is 1. The minimum atomic E-state index is -0.714. The zero-order valence-corrected chi connectivity index (χ0v) is 15.7. The monoisotopic (exact) mass is 367 g/mol. The molecule has 5 heteroatoms. The Labute approximate surface area is 158 Å². The summed E-state index contributed by atoms with van der Waals surface area (Å²) >= 11 is 0. The third-order valence-corrected chi connectivity index (χ3v) is 8.72. The van der Waals surface area contributed by atoms with Gasteiger partial charge < -0.3 is 19.8 Å². The Hall–Kier alpha value is -1.85. The van der Waals surface area contributed by atoms with Crippen LogP contribution in [-0.2, 0) is 16.6 Å². The molecule has 4 aliphatic carbocycles. The average Bonchev–Trinajstić information content (AvgIpc) is 3.03. The second kappa shape index (κ2) is 4.58. The molecule has 2 spiro atoms. The van der Waals surface area contributed by atoms with Crippen LogP contribution in [0.4, 0.5) is 0 Å². The fourth-order valence-electron chi connectivity index (χ4n) is 7.65. The molecule has 0 amide bonds. The highest BCUT2D eigenvalue weighted by Gasteiger charge is 2.78. The first-order valence-corrected chi connectivity index (χ1v) is 9.95. The van der Waals surface area contributed by atoms with Crippen molar-refractivity contribution in [3.05, 3.63) is 35.4 Å². The molecule has 6 atom stereocenters. The van der Waals surface area contributed by atoms with Crippen LogP contribution in [0, 0.1) is 16.7 Å². The fourth-order valence-corrected chi connectivity index (χ4v) is 7.65. The number of ether oxygens (including phenoxy) is 1. The minimum absolute atomic E-state index is 0.110. The van der Waals surface area contributed by atoms with Gasteiger partial charge in [0.15, 0.2) is 11.5 Å². The third kappa shape index (κ3) is 1.43. The van der Waals surface area contributed by atoms with Gasteiger partial charge in [0.1, 0.15) is 11.9 Å². The first kappa shape index (κ1) is 16.1. The Morgan fingerprint density at radius 2 is 2.19 bits per heavy atom. The number of likely N-dealkylation sites (tertiary alicyclic amines) is 1. The van der Waals surface area contributed by atoms with Gasteiger partial charge in [-0.15, -0.1) is 0 Å². The van der Waals surface area contributed by atoms with Gasteiger partial charge in [0.05, 0.1) is 12.0 Å². The van der Waals surface area contributed by atoms with Crippen LogP contribution >= 0.6 is 0 Å². The molecule has 1 saturated heterocycles.